The van der Waals surface area contributed by atoms with Crippen molar-refractivity contribution >= 4 is 5.91 Å². The molecule has 3 rings (SSSR count). The van der Waals surface area contributed by atoms with Crippen LogP contribution in [0.1, 0.15) is 44.1 Å². The van der Waals surface area contributed by atoms with Gasteiger partial charge < -0.3 is 9.84 Å². The van der Waals surface area contributed by atoms with Crippen LogP contribution in [0.15, 0.2) is 35.1 Å². The smallest absolute Gasteiger partial charge is 0.220 e. The molecule has 2 aromatic rings. The summed E-state index contributed by atoms with van der Waals surface area (Å²) in [7, 11) is 0. The molecule has 0 bridgehead atoms. The Morgan fingerprint density at radius 2 is 2.13 bits per heavy atom. The minimum atomic E-state index is -0.313. The van der Waals surface area contributed by atoms with Crippen molar-refractivity contribution < 1.29 is 13.7 Å². The van der Waals surface area contributed by atoms with Crippen molar-refractivity contribution in [2.45, 2.75) is 51.0 Å². The highest BCUT2D eigenvalue weighted by atomic mass is 19.1. The molecular formula is C18H21FN2O2. The van der Waals surface area contributed by atoms with Crippen molar-refractivity contribution in [2.24, 2.45) is 0 Å². The van der Waals surface area contributed by atoms with Gasteiger partial charge in [0.1, 0.15) is 17.8 Å². The zero-order valence-electron chi connectivity index (χ0n) is 13.1. The highest BCUT2D eigenvalue weighted by Crippen LogP contribution is 2.24. The van der Waals surface area contributed by atoms with Crippen LogP contribution in [-0.4, -0.2) is 17.1 Å². The molecule has 1 fully saturated rings. The van der Waals surface area contributed by atoms with Gasteiger partial charge in [-0.15, -0.1) is 0 Å². The first-order valence-corrected chi connectivity index (χ1v) is 8.21. The Morgan fingerprint density at radius 3 is 2.91 bits per heavy atom. The van der Waals surface area contributed by atoms with Crippen LogP contribution in [0.4, 0.5) is 4.39 Å². The molecule has 1 saturated carbocycles. The van der Waals surface area contributed by atoms with E-state index in [1.807, 2.05) is 0 Å². The zero-order valence-corrected chi connectivity index (χ0v) is 13.1. The molecule has 0 unspecified atom stereocenters. The van der Waals surface area contributed by atoms with Crippen LogP contribution in [-0.2, 0) is 11.2 Å². The summed E-state index contributed by atoms with van der Waals surface area (Å²) in [5.41, 5.74) is 2.10. The SMILES string of the molecule is O=C(CCc1conc1-c1cccc(F)c1)NC1CCCCC1. The van der Waals surface area contributed by atoms with E-state index < -0.39 is 0 Å². The van der Waals surface area contributed by atoms with E-state index in [-0.39, 0.29) is 11.7 Å². The van der Waals surface area contributed by atoms with Crippen LogP contribution in [0, 0.1) is 5.82 Å². The number of halogens is 1. The molecule has 1 aromatic heterocycles. The highest BCUT2D eigenvalue weighted by Gasteiger charge is 2.17. The van der Waals surface area contributed by atoms with E-state index >= 15 is 0 Å². The summed E-state index contributed by atoms with van der Waals surface area (Å²) >= 11 is 0. The largest absolute Gasteiger partial charge is 0.364 e. The lowest BCUT2D eigenvalue weighted by Crippen LogP contribution is -2.36. The normalized spacial score (nSPS) is 15.5. The van der Waals surface area contributed by atoms with E-state index in [9.17, 15) is 9.18 Å². The number of benzene rings is 1. The maximum absolute atomic E-state index is 13.3. The van der Waals surface area contributed by atoms with Gasteiger partial charge in [-0.1, -0.05) is 36.6 Å². The molecule has 1 aliphatic carbocycles. The van der Waals surface area contributed by atoms with Crippen molar-refractivity contribution in [1.82, 2.24) is 10.5 Å². The molecule has 0 saturated heterocycles. The number of hydrogen-bond donors (Lipinski definition) is 1. The first kappa shape index (κ1) is 15.7. The number of carbonyl (C=O) groups is 1. The molecule has 5 heteroatoms. The van der Waals surface area contributed by atoms with Gasteiger partial charge in [0.05, 0.1) is 0 Å². The van der Waals surface area contributed by atoms with Gasteiger partial charge in [0, 0.05) is 23.6 Å². The maximum Gasteiger partial charge on any atom is 0.220 e. The molecule has 1 N–H and O–H groups in total. The Bertz CT molecular complexity index is 663. The summed E-state index contributed by atoms with van der Waals surface area (Å²) in [6, 6.07) is 6.55. The Morgan fingerprint density at radius 1 is 1.30 bits per heavy atom. The number of carbonyl (C=O) groups excluding carboxylic acids is 1. The van der Waals surface area contributed by atoms with E-state index in [1.165, 1.54) is 37.7 Å². The molecule has 23 heavy (non-hydrogen) atoms. The number of rotatable bonds is 5. The monoisotopic (exact) mass is 316 g/mol. The number of hydrogen-bond acceptors (Lipinski definition) is 3. The molecule has 1 heterocycles. The number of aromatic nitrogens is 1. The summed E-state index contributed by atoms with van der Waals surface area (Å²) in [5, 5.41) is 7.05. The first-order chi connectivity index (χ1) is 11.2. The second-order valence-electron chi connectivity index (χ2n) is 6.10. The summed E-state index contributed by atoms with van der Waals surface area (Å²) < 4.78 is 18.4. The summed E-state index contributed by atoms with van der Waals surface area (Å²) in [6.45, 7) is 0. The molecule has 122 valence electrons. The van der Waals surface area contributed by atoms with Gasteiger partial charge in [0.15, 0.2) is 0 Å². The predicted octanol–water partition coefficient (Wildman–Crippen LogP) is 3.86. The molecule has 0 aliphatic heterocycles. The molecule has 1 amide bonds. The maximum atomic E-state index is 13.3. The van der Waals surface area contributed by atoms with Crippen molar-refractivity contribution in [3.63, 3.8) is 0 Å². The Balaban J connectivity index is 1.58. The molecule has 1 aromatic carbocycles. The molecule has 0 radical (unpaired) electrons. The Hall–Kier alpha value is -2.17. The fourth-order valence-corrected chi connectivity index (χ4v) is 3.10. The second kappa shape index (κ2) is 7.40. The first-order valence-electron chi connectivity index (χ1n) is 8.21. The number of nitrogens with zero attached hydrogens (tertiary/aromatic N) is 1. The van der Waals surface area contributed by atoms with Crippen molar-refractivity contribution in [1.29, 1.82) is 0 Å². The van der Waals surface area contributed by atoms with Gasteiger partial charge in [-0.25, -0.2) is 4.39 Å². The minimum Gasteiger partial charge on any atom is -0.364 e. The van der Waals surface area contributed by atoms with Crippen LogP contribution >= 0.6 is 0 Å². The third-order valence-electron chi connectivity index (χ3n) is 4.33. The van der Waals surface area contributed by atoms with Gasteiger partial charge in [-0.2, -0.15) is 0 Å². The predicted molar refractivity (Wildman–Crippen MR) is 85.2 cm³/mol. The average Bonchev–Trinajstić information content (AvgIpc) is 3.02. The lowest BCUT2D eigenvalue weighted by molar-refractivity contribution is -0.121. The van der Waals surface area contributed by atoms with Crippen LogP contribution in [0.2, 0.25) is 0 Å². The van der Waals surface area contributed by atoms with E-state index in [2.05, 4.69) is 10.5 Å². The highest BCUT2D eigenvalue weighted by molar-refractivity contribution is 5.77. The van der Waals surface area contributed by atoms with Crippen molar-refractivity contribution in [3.05, 3.63) is 41.9 Å². The third-order valence-corrected chi connectivity index (χ3v) is 4.33. The number of nitrogens with one attached hydrogen (secondary N) is 1. The average molecular weight is 316 g/mol. The summed E-state index contributed by atoms with van der Waals surface area (Å²) in [6.07, 6.45) is 8.27. The van der Waals surface area contributed by atoms with Gasteiger partial charge in [-0.3, -0.25) is 4.79 Å². The van der Waals surface area contributed by atoms with Crippen molar-refractivity contribution in [3.8, 4) is 11.3 Å². The fourth-order valence-electron chi connectivity index (χ4n) is 3.10. The van der Waals surface area contributed by atoms with Gasteiger partial charge in [0.2, 0.25) is 5.91 Å². The topological polar surface area (TPSA) is 55.1 Å². The van der Waals surface area contributed by atoms with E-state index in [0.717, 1.165) is 18.4 Å². The minimum absolute atomic E-state index is 0.0586. The fraction of sp³-hybridized carbons (Fsp3) is 0.444. The van der Waals surface area contributed by atoms with E-state index in [4.69, 9.17) is 4.52 Å². The standard InChI is InChI=1S/C18H21FN2O2/c19-15-6-4-5-13(11-15)18-14(12-23-21-18)9-10-17(22)20-16-7-2-1-3-8-16/h4-6,11-12,16H,1-3,7-10H2,(H,20,22). The number of aryl methyl sites for hydroxylation is 1. The van der Waals surface area contributed by atoms with Crippen molar-refractivity contribution in [2.75, 3.05) is 0 Å². The lowest BCUT2D eigenvalue weighted by atomic mass is 9.95. The summed E-state index contributed by atoms with van der Waals surface area (Å²) in [5.74, 6) is -0.255. The molecule has 1 aliphatic rings. The van der Waals surface area contributed by atoms with E-state index in [1.54, 1.807) is 12.1 Å². The Labute approximate surface area is 135 Å². The van der Waals surface area contributed by atoms with Crippen LogP contribution in [0.5, 0.6) is 0 Å². The van der Waals surface area contributed by atoms with E-state index in [0.29, 0.717) is 30.1 Å². The molecule has 0 spiro atoms. The Kier molecular flexibility index (Phi) is 5.05. The van der Waals surface area contributed by atoms with Gasteiger partial charge in [0.25, 0.3) is 0 Å². The molecule has 4 nitrogen and oxygen atoms in total. The second-order valence-corrected chi connectivity index (χ2v) is 6.10. The molecular weight excluding hydrogens is 295 g/mol. The third kappa shape index (κ3) is 4.18. The van der Waals surface area contributed by atoms with Crippen LogP contribution in [0.25, 0.3) is 11.3 Å². The number of amides is 1. The quantitative estimate of drug-likeness (QED) is 0.911. The lowest BCUT2D eigenvalue weighted by Gasteiger charge is -2.22. The zero-order chi connectivity index (χ0) is 16.1. The summed E-state index contributed by atoms with van der Waals surface area (Å²) in [4.78, 5) is 12.1. The van der Waals surface area contributed by atoms with Gasteiger partial charge >= 0.3 is 0 Å². The van der Waals surface area contributed by atoms with Gasteiger partial charge in [-0.05, 0) is 31.4 Å². The molecule has 0 atom stereocenters. The van der Waals surface area contributed by atoms with Crippen LogP contribution in [0.3, 0.4) is 0 Å². The van der Waals surface area contributed by atoms with Crippen LogP contribution < -0.4 is 5.32 Å².